The van der Waals surface area contributed by atoms with Crippen LogP contribution in [-0.2, 0) is 6.42 Å². The smallest absolute Gasteiger partial charge is 0.0104 e. The second-order valence-corrected chi connectivity index (χ2v) is 4.20. The summed E-state index contributed by atoms with van der Waals surface area (Å²) in [5, 5.41) is 0. The average Bonchev–Trinajstić information content (AvgIpc) is 2.21. The van der Waals surface area contributed by atoms with Crippen molar-refractivity contribution in [3.05, 3.63) is 29.3 Å². The van der Waals surface area contributed by atoms with Crippen molar-refractivity contribution in [2.45, 2.75) is 38.5 Å². The van der Waals surface area contributed by atoms with Gasteiger partial charge in [0.2, 0.25) is 0 Å². The van der Waals surface area contributed by atoms with E-state index in [2.05, 4.69) is 25.1 Å². The van der Waals surface area contributed by atoms with Gasteiger partial charge in [0.1, 0.15) is 0 Å². The zero-order valence-corrected chi connectivity index (χ0v) is 9.58. The third-order valence-electron chi connectivity index (χ3n) is 2.06. The maximum absolute atomic E-state index is 2.32. The second-order valence-electron chi connectivity index (χ2n) is 3.06. The Balaban J connectivity index is 0.000000396. The molecule has 0 unspecified atom stereocenters. The highest BCUT2D eigenvalue weighted by Gasteiger charge is 2.08. The number of rotatable bonds is 0. The summed E-state index contributed by atoms with van der Waals surface area (Å²) in [5.41, 5.74) is 2.95. The maximum atomic E-state index is 2.32. The molecule has 0 amide bonds. The van der Waals surface area contributed by atoms with E-state index in [0.717, 1.165) is 0 Å². The first kappa shape index (κ1) is 10.6. The predicted molar refractivity (Wildman–Crippen MR) is 61.6 cm³/mol. The molecule has 0 fully saturated rings. The Labute approximate surface area is 85.7 Å². The van der Waals surface area contributed by atoms with Crippen molar-refractivity contribution in [3.8, 4) is 0 Å². The lowest BCUT2D eigenvalue weighted by Gasteiger charge is -2.14. The van der Waals surface area contributed by atoms with Gasteiger partial charge in [0.05, 0.1) is 0 Å². The van der Waals surface area contributed by atoms with Gasteiger partial charge < -0.3 is 0 Å². The van der Waals surface area contributed by atoms with Crippen molar-refractivity contribution >= 4 is 11.8 Å². The van der Waals surface area contributed by atoms with Gasteiger partial charge in [-0.2, -0.15) is 0 Å². The van der Waals surface area contributed by atoms with Crippen molar-refractivity contribution in [2.75, 3.05) is 5.75 Å². The van der Waals surface area contributed by atoms with Gasteiger partial charge in [-0.25, -0.2) is 0 Å². The summed E-state index contributed by atoms with van der Waals surface area (Å²) in [6.45, 7) is 6.17. The van der Waals surface area contributed by atoms with Crippen LogP contribution in [0, 0.1) is 6.92 Å². The first-order valence-corrected chi connectivity index (χ1v) is 6.07. The molecular formula is C12H18S. The van der Waals surface area contributed by atoms with Crippen LogP contribution in [0.1, 0.15) is 31.4 Å². The topological polar surface area (TPSA) is 0 Å². The van der Waals surface area contributed by atoms with Gasteiger partial charge in [0.25, 0.3) is 0 Å². The Hall–Kier alpha value is -0.430. The highest BCUT2D eigenvalue weighted by molar-refractivity contribution is 7.99. The lowest BCUT2D eigenvalue weighted by molar-refractivity contribution is 0.888. The Bertz CT molecular complexity index is 266. The van der Waals surface area contributed by atoms with E-state index >= 15 is 0 Å². The number of fused-ring (bicyclic) bond motifs is 1. The maximum Gasteiger partial charge on any atom is 0.0104 e. The summed E-state index contributed by atoms with van der Waals surface area (Å²) in [7, 11) is 0. The number of benzene rings is 1. The minimum absolute atomic E-state index is 1.28. The third kappa shape index (κ3) is 2.77. The van der Waals surface area contributed by atoms with Crippen LogP contribution in [0.15, 0.2) is 23.1 Å². The average molecular weight is 194 g/mol. The number of aryl methyl sites for hydroxylation is 2. The fraction of sp³-hybridized carbons (Fsp3) is 0.500. The third-order valence-corrected chi connectivity index (χ3v) is 3.27. The monoisotopic (exact) mass is 194 g/mol. The van der Waals surface area contributed by atoms with Crippen LogP contribution in [0.4, 0.5) is 0 Å². The summed E-state index contributed by atoms with van der Waals surface area (Å²) < 4.78 is 0. The van der Waals surface area contributed by atoms with E-state index in [0.29, 0.717) is 0 Å². The van der Waals surface area contributed by atoms with Crippen LogP contribution in [0.2, 0.25) is 0 Å². The quantitative estimate of drug-likeness (QED) is 0.600. The van der Waals surface area contributed by atoms with Gasteiger partial charge in [0.15, 0.2) is 0 Å². The summed E-state index contributed by atoms with van der Waals surface area (Å²) in [6, 6.07) is 6.78. The molecule has 0 aromatic heterocycles. The number of thioether (sulfide) groups is 1. The molecule has 0 nitrogen and oxygen atoms in total. The second kappa shape index (κ2) is 5.33. The molecule has 0 aliphatic carbocycles. The highest BCUT2D eigenvalue weighted by Crippen LogP contribution is 2.30. The van der Waals surface area contributed by atoms with Crippen LogP contribution in [0.5, 0.6) is 0 Å². The molecule has 1 heteroatoms. The summed E-state index contributed by atoms with van der Waals surface area (Å²) in [6.07, 6.45) is 2.63. The van der Waals surface area contributed by atoms with Crippen molar-refractivity contribution in [2.24, 2.45) is 0 Å². The molecule has 0 N–H and O–H groups in total. The highest BCUT2D eigenvalue weighted by atomic mass is 32.2. The first-order valence-electron chi connectivity index (χ1n) is 5.08. The molecule has 1 aromatic carbocycles. The normalized spacial score (nSPS) is 14.1. The van der Waals surface area contributed by atoms with Crippen LogP contribution in [-0.4, -0.2) is 5.75 Å². The standard InChI is InChI=1S/C10H12S.C2H6/c1-8-4-5-10-9(7-8)3-2-6-11-10;1-2/h4-5,7H,2-3,6H2,1H3;1-2H3. The van der Waals surface area contributed by atoms with Crippen LogP contribution >= 0.6 is 11.8 Å². The van der Waals surface area contributed by atoms with Crippen molar-refractivity contribution < 1.29 is 0 Å². The van der Waals surface area contributed by atoms with Gasteiger partial charge in [-0.3, -0.25) is 0 Å². The molecule has 1 heterocycles. The fourth-order valence-corrected chi connectivity index (χ4v) is 2.51. The molecule has 1 aliphatic rings. The largest absolute Gasteiger partial charge is 0.126 e. The van der Waals surface area contributed by atoms with E-state index in [1.807, 2.05) is 25.6 Å². The SMILES string of the molecule is CC.Cc1ccc2c(c1)CCCS2. The molecule has 1 aromatic rings. The lowest BCUT2D eigenvalue weighted by atomic mass is 10.1. The van der Waals surface area contributed by atoms with Gasteiger partial charge in [-0.1, -0.05) is 31.5 Å². The van der Waals surface area contributed by atoms with Gasteiger partial charge in [-0.15, -0.1) is 11.8 Å². The van der Waals surface area contributed by atoms with Crippen molar-refractivity contribution in [1.82, 2.24) is 0 Å². The van der Waals surface area contributed by atoms with Gasteiger partial charge >= 0.3 is 0 Å². The summed E-state index contributed by atoms with van der Waals surface area (Å²) >= 11 is 2.00. The van der Waals surface area contributed by atoms with Crippen molar-refractivity contribution in [3.63, 3.8) is 0 Å². The zero-order chi connectivity index (χ0) is 9.68. The Morgan fingerprint density at radius 3 is 2.77 bits per heavy atom. The molecule has 13 heavy (non-hydrogen) atoms. The number of hydrogen-bond acceptors (Lipinski definition) is 1. The van der Waals surface area contributed by atoms with Crippen molar-refractivity contribution in [1.29, 1.82) is 0 Å². The molecule has 0 radical (unpaired) electrons. The van der Waals surface area contributed by atoms with Gasteiger partial charge in [-0.05, 0) is 37.1 Å². The number of hydrogen-bond donors (Lipinski definition) is 0. The van der Waals surface area contributed by atoms with Crippen LogP contribution < -0.4 is 0 Å². The van der Waals surface area contributed by atoms with E-state index in [-0.39, 0.29) is 0 Å². The molecule has 0 bridgehead atoms. The minimum atomic E-state index is 1.28. The lowest BCUT2D eigenvalue weighted by Crippen LogP contribution is -1.97. The summed E-state index contributed by atoms with van der Waals surface area (Å²) in [4.78, 5) is 1.50. The minimum Gasteiger partial charge on any atom is -0.126 e. The van der Waals surface area contributed by atoms with Crippen LogP contribution in [0.25, 0.3) is 0 Å². The predicted octanol–water partition coefficient (Wildman–Crippen LogP) is 4.06. The zero-order valence-electron chi connectivity index (χ0n) is 8.76. The van der Waals surface area contributed by atoms with Crippen LogP contribution in [0.3, 0.4) is 0 Å². The molecule has 0 saturated heterocycles. The summed E-state index contributed by atoms with van der Waals surface area (Å²) in [5.74, 6) is 1.30. The molecule has 1 aliphatic heterocycles. The van der Waals surface area contributed by atoms with Gasteiger partial charge in [0, 0.05) is 4.90 Å². The molecular weight excluding hydrogens is 176 g/mol. The molecule has 0 atom stereocenters. The molecule has 72 valence electrons. The van der Waals surface area contributed by atoms with E-state index in [1.165, 1.54) is 29.1 Å². The van der Waals surface area contributed by atoms with E-state index < -0.39 is 0 Å². The Kier molecular flexibility index (Phi) is 4.37. The Morgan fingerprint density at radius 1 is 1.23 bits per heavy atom. The van der Waals surface area contributed by atoms with E-state index in [1.54, 1.807) is 5.56 Å². The van der Waals surface area contributed by atoms with E-state index in [4.69, 9.17) is 0 Å². The fourth-order valence-electron chi connectivity index (χ4n) is 1.49. The Morgan fingerprint density at radius 2 is 2.00 bits per heavy atom. The molecule has 2 rings (SSSR count). The molecule has 0 saturated carbocycles. The molecule has 0 spiro atoms. The van der Waals surface area contributed by atoms with E-state index in [9.17, 15) is 0 Å². The first-order chi connectivity index (χ1) is 6.36.